The van der Waals surface area contributed by atoms with Crippen molar-refractivity contribution in [1.29, 1.82) is 0 Å². The fourth-order valence-electron chi connectivity index (χ4n) is 5.92. The van der Waals surface area contributed by atoms with E-state index in [0.29, 0.717) is 60.8 Å². The third-order valence-corrected chi connectivity index (χ3v) is 8.14. The highest BCUT2D eigenvalue weighted by Gasteiger charge is 2.32. The number of aryl methyl sites for hydroxylation is 1. The minimum absolute atomic E-state index is 0.00720. The minimum atomic E-state index is -0.619. The lowest BCUT2D eigenvalue weighted by molar-refractivity contribution is 0.00562. The van der Waals surface area contributed by atoms with Gasteiger partial charge in [-0.2, -0.15) is 0 Å². The molecule has 2 N–H and O–H groups in total. The lowest BCUT2D eigenvalue weighted by Gasteiger charge is -2.39. The molecule has 2 aromatic carbocycles. The van der Waals surface area contributed by atoms with Crippen LogP contribution >= 0.6 is 0 Å². The Morgan fingerprint density at radius 1 is 1.02 bits per heavy atom. The first-order valence-corrected chi connectivity index (χ1v) is 15.7. The summed E-state index contributed by atoms with van der Waals surface area (Å²) in [5, 5.41) is 12.5. The molecule has 3 aromatic rings. The molecule has 45 heavy (non-hydrogen) atoms. The van der Waals surface area contributed by atoms with Gasteiger partial charge in [0.1, 0.15) is 18.8 Å². The molecule has 2 aliphatic rings. The normalized spacial score (nSPS) is 15.6. The number of piperidine rings is 1. The van der Waals surface area contributed by atoms with Crippen molar-refractivity contribution in [2.45, 2.75) is 65.3 Å². The number of amides is 2. The lowest BCUT2D eigenvalue weighted by Crippen LogP contribution is -2.49. The Labute approximate surface area is 263 Å². The smallest absolute Gasteiger partial charge is 0.410 e. The molecule has 0 radical (unpaired) electrons. The number of pyridine rings is 1. The molecule has 0 unspecified atom stereocenters. The summed E-state index contributed by atoms with van der Waals surface area (Å²) in [6.45, 7) is 11.6. The molecular weight excluding hydrogens is 576 g/mol. The first kappa shape index (κ1) is 32.3. The van der Waals surface area contributed by atoms with Gasteiger partial charge in [0.05, 0.1) is 17.7 Å². The van der Waals surface area contributed by atoms with Crippen LogP contribution in [0.1, 0.15) is 55.1 Å². The second kappa shape index (κ2) is 13.9. The highest BCUT2D eigenvalue weighted by molar-refractivity contribution is 6.06. The minimum Gasteiger partial charge on any atom is -0.486 e. The Morgan fingerprint density at radius 2 is 1.76 bits per heavy atom. The molecule has 2 amide bonds. The van der Waals surface area contributed by atoms with E-state index in [-0.39, 0.29) is 36.8 Å². The Hall–Kier alpha value is -4.09. The van der Waals surface area contributed by atoms with E-state index in [1.807, 2.05) is 69.0 Å². The van der Waals surface area contributed by atoms with Gasteiger partial charge in [0.25, 0.3) is 11.5 Å². The lowest BCUT2D eigenvalue weighted by atomic mass is 10.0. The number of ether oxygens (including phenoxy) is 3. The van der Waals surface area contributed by atoms with Crippen molar-refractivity contribution in [2.75, 3.05) is 46.0 Å². The van der Waals surface area contributed by atoms with Gasteiger partial charge in [-0.25, -0.2) is 4.79 Å². The number of aromatic nitrogens is 1. The van der Waals surface area contributed by atoms with E-state index in [1.165, 1.54) is 6.07 Å². The number of rotatable bonds is 9. The standard InChI is InChI=1S/C34H44N4O7/c1-23-5-7-26-27(32(41)35-11-16-39)21-31(40)37(28(26)19-23)15-14-36-12-9-25(10-13-36)38(33(42)45-34(2,3)4)22-24-6-8-29-30(20-24)44-18-17-43-29/h5-8,19-21,25,39H,9-18,22H2,1-4H3,(H,35,41). The second-order valence-corrected chi connectivity index (χ2v) is 12.7. The summed E-state index contributed by atoms with van der Waals surface area (Å²) in [6.07, 6.45) is 1.19. The topological polar surface area (TPSA) is 123 Å². The van der Waals surface area contributed by atoms with Crippen LogP contribution in [-0.4, -0.2) is 89.1 Å². The number of aliphatic hydroxyl groups excluding tert-OH is 1. The number of hydrogen-bond acceptors (Lipinski definition) is 8. The molecule has 2 aliphatic heterocycles. The monoisotopic (exact) mass is 620 g/mol. The van der Waals surface area contributed by atoms with Crippen molar-refractivity contribution in [1.82, 2.24) is 19.7 Å². The molecule has 0 aliphatic carbocycles. The highest BCUT2D eigenvalue weighted by atomic mass is 16.6. The fourth-order valence-corrected chi connectivity index (χ4v) is 5.92. The SMILES string of the molecule is Cc1ccc2c(C(=O)NCCO)cc(=O)n(CCN3CCC(N(Cc4ccc5c(c4)OCCO5)C(=O)OC(C)(C)C)CC3)c2c1. The maximum atomic E-state index is 13.4. The summed E-state index contributed by atoms with van der Waals surface area (Å²) in [6, 6.07) is 12.9. The van der Waals surface area contributed by atoms with Crippen LogP contribution in [0.5, 0.6) is 11.5 Å². The molecule has 11 nitrogen and oxygen atoms in total. The van der Waals surface area contributed by atoms with Crippen LogP contribution in [0.15, 0.2) is 47.3 Å². The maximum Gasteiger partial charge on any atom is 0.410 e. The summed E-state index contributed by atoms with van der Waals surface area (Å²) in [7, 11) is 0. The Bertz CT molecular complexity index is 1590. The van der Waals surface area contributed by atoms with Gasteiger partial charge in [-0.15, -0.1) is 0 Å². The van der Waals surface area contributed by atoms with Crippen LogP contribution in [0.4, 0.5) is 4.79 Å². The van der Waals surface area contributed by atoms with Gasteiger partial charge in [-0.1, -0.05) is 18.2 Å². The number of carbonyl (C=O) groups excluding carboxylic acids is 2. The van der Waals surface area contributed by atoms with Gasteiger partial charge >= 0.3 is 6.09 Å². The molecule has 0 bridgehead atoms. The van der Waals surface area contributed by atoms with E-state index >= 15 is 0 Å². The average Bonchev–Trinajstić information content (AvgIpc) is 3.01. The second-order valence-electron chi connectivity index (χ2n) is 12.7. The van der Waals surface area contributed by atoms with Gasteiger partial charge in [-0.05, 0) is 69.9 Å². The number of likely N-dealkylation sites (tertiary alicyclic amines) is 1. The van der Waals surface area contributed by atoms with E-state index in [9.17, 15) is 14.4 Å². The van der Waals surface area contributed by atoms with Gasteiger partial charge in [0.15, 0.2) is 11.5 Å². The van der Waals surface area contributed by atoms with E-state index < -0.39 is 5.60 Å². The molecule has 5 rings (SSSR count). The number of fused-ring (bicyclic) bond motifs is 2. The molecular formula is C34H44N4O7. The average molecular weight is 621 g/mol. The molecule has 0 saturated carbocycles. The van der Waals surface area contributed by atoms with E-state index in [0.717, 1.165) is 37.1 Å². The van der Waals surface area contributed by atoms with Crippen LogP contribution in [-0.2, 0) is 17.8 Å². The molecule has 3 heterocycles. The number of hydrogen-bond donors (Lipinski definition) is 2. The van der Waals surface area contributed by atoms with Gasteiger partial charge in [-0.3, -0.25) is 9.59 Å². The molecule has 0 atom stereocenters. The predicted molar refractivity (Wildman–Crippen MR) is 171 cm³/mol. The fraction of sp³-hybridized carbons (Fsp3) is 0.500. The molecule has 1 saturated heterocycles. The van der Waals surface area contributed by atoms with Crippen molar-refractivity contribution in [2.24, 2.45) is 0 Å². The zero-order valence-electron chi connectivity index (χ0n) is 26.6. The summed E-state index contributed by atoms with van der Waals surface area (Å²) in [4.78, 5) is 43.5. The van der Waals surface area contributed by atoms with Gasteiger partial charge < -0.3 is 39.0 Å². The van der Waals surface area contributed by atoms with Crippen molar-refractivity contribution in [3.63, 3.8) is 0 Å². The summed E-state index contributed by atoms with van der Waals surface area (Å²) in [5.74, 6) is 1.02. The van der Waals surface area contributed by atoms with E-state index in [2.05, 4.69) is 10.2 Å². The zero-order chi connectivity index (χ0) is 32.1. The van der Waals surface area contributed by atoms with Crippen LogP contribution in [0, 0.1) is 6.92 Å². The highest BCUT2D eigenvalue weighted by Crippen LogP contribution is 2.32. The molecule has 11 heteroatoms. The maximum absolute atomic E-state index is 13.4. The predicted octanol–water partition coefficient (Wildman–Crippen LogP) is 3.70. The van der Waals surface area contributed by atoms with Gasteiger partial charge in [0, 0.05) is 56.8 Å². The molecule has 1 fully saturated rings. The number of nitrogens with zero attached hydrogens (tertiary/aromatic N) is 3. The molecule has 0 spiro atoms. The third kappa shape index (κ3) is 7.96. The Morgan fingerprint density at radius 3 is 2.47 bits per heavy atom. The Kier molecular flexibility index (Phi) is 9.99. The first-order chi connectivity index (χ1) is 21.5. The van der Waals surface area contributed by atoms with Crippen LogP contribution in [0.3, 0.4) is 0 Å². The third-order valence-electron chi connectivity index (χ3n) is 8.14. The quantitative estimate of drug-likeness (QED) is 0.372. The van der Waals surface area contributed by atoms with Crippen molar-refractivity contribution in [3.8, 4) is 11.5 Å². The zero-order valence-corrected chi connectivity index (χ0v) is 26.6. The number of carbonyl (C=O) groups is 2. The first-order valence-electron chi connectivity index (χ1n) is 15.7. The Balaban J connectivity index is 1.28. The summed E-state index contributed by atoms with van der Waals surface area (Å²) in [5.41, 5.74) is 2.09. The van der Waals surface area contributed by atoms with E-state index in [4.69, 9.17) is 19.3 Å². The van der Waals surface area contributed by atoms with Crippen molar-refractivity contribution >= 4 is 22.9 Å². The number of nitrogens with one attached hydrogen (secondary N) is 1. The van der Waals surface area contributed by atoms with Crippen LogP contribution in [0.25, 0.3) is 10.9 Å². The van der Waals surface area contributed by atoms with Crippen LogP contribution < -0.4 is 20.3 Å². The largest absolute Gasteiger partial charge is 0.486 e. The van der Waals surface area contributed by atoms with Crippen molar-refractivity contribution in [3.05, 3.63) is 69.5 Å². The molecule has 1 aromatic heterocycles. The summed E-state index contributed by atoms with van der Waals surface area (Å²) >= 11 is 0. The number of benzene rings is 2. The molecule has 242 valence electrons. The van der Waals surface area contributed by atoms with Gasteiger partial charge in [0.2, 0.25) is 0 Å². The van der Waals surface area contributed by atoms with Crippen molar-refractivity contribution < 1.29 is 28.9 Å². The number of aliphatic hydroxyl groups is 1. The van der Waals surface area contributed by atoms with E-state index in [1.54, 1.807) is 4.57 Å². The summed E-state index contributed by atoms with van der Waals surface area (Å²) < 4.78 is 19.0. The van der Waals surface area contributed by atoms with Crippen LogP contribution in [0.2, 0.25) is 0 Å².